The Morgan fingerprint density at radius 3 is 2.62 bits per heavy atom. The number of ketones is 1. The Morgan fingerprint density at radius 1 is 1.31 bits per heavy atom. The van der Waals surface area contributed by atoms with Crippen molar-refractivity contribution in [1.82, 2.24) is 4.98 Å². The van der Waals surface area contributed by atoms with Gasteiger partial charge >= 0.3 is 5.97 Å². The van der Waals surface area contributed by atoms with Gasteiger partial charge in [0.2, 0.25) is 5.78 Å². The molecule has 0 aliphatic heterocycles. The molecule has 0 aliphatic rings. The maximum absolute atomic E-state index is 12.4. The lowest BCUT2D eigenvalue weighted by atomic mass is 10.1. The van der Waals surface area contributed by atoms with Gasteiger partial charge in [-0.3, -0.25) is 14.9 Å². The fraction of sp³-hybridized carbons (Fsp3) is 0.222. The quantitative estimate of drug-likeness (QED) is 0.278. The van der Waals surface area contributed by atoms with E-state index in [2.05, 4.69) is 4.98 Å². The highest BCUT2D eigenvalue weighted by Crippen LogP contribution is 2.25. The first-order valence-corrected chi connectivity index (χ1v) is 7.80. The standard InChI is InChI=1S/C18H18N2O6/c1-4-26-18(23)16-10(2)17(19-11(16)3)15(22)8-6-12-5-7-14(21)13(9-12)20(24)25/h5-9,19,21H,4H2,1-3H3/p-1/b8-6+. The van der Waals surface area contributed by atoms with E-state index in [9.17, 15) is 24.8 Å². The van der Waals surface area contributed by atoms with Crippen LogP contribution in [-0.2, 0) is 4.74 Å². The van der Waals surface area contributed by atoms with E-state index < -0.39 is 28.1 Å². The van der Waals surface area contributed by atoms with Gasteiger partial charge in [0.1, 0.15) is 0 Å². The average Bonchev–Trinajstić information content (AvgIpc) is 2.88. The summed E-state index contributed by atoms with van der Waals surface area (Å²) in [7, 11) is 0. The molecule has 0 atom stereocenters. The fourth-order valence-corrected chi connectivity index (χ4v) is 2.54. The monoisotopic (exact) mass is 357 g/mol. The van der Waals surface area contributed by atoms with Crippen LogP contribution in [0.3, 0.4) is 0 Å². The predicted molar refractivity (Wildman–Crippen MR) is 92.1 cm³/mol. The van der Waals surface area contributed by atoms with Gasteiger partial charge in [-0.15, -0.1) is 0 Å². The minimum atomic E-state index is -0.772. The van der Waals surface area contributed by atoms with Gasteiger partial charge in [0, 0.05) is 11.8 Å². The normalized spacial score (nSPS) is 10.9. The zero-order valence-electron chi connectivity index (χ0n) is 14.5. The van der Waals surface area contributed by atoms with Gasteiger partial charge in [0.15, 0.2) is 0 Å². The van der Waals surface area contributed by atoms with Crippen molar-refractivity contribution < 1.29 is 24.4 Å². The smallest absolute Gasteiger partial charge is 0.340 e. The topological polar surface area (TPSA) is 125 Å². The Balaban J connectivity index is 2.30. The largest absolute Gasteiger partial charge is 0.868 e. The van der Waals surface area contributed by atoms with Gasteiger partial charge in [-0.2, -0.15) is 0 Å². The molecule has 8 nitrogen and oxygen atoms in total. The van der Waals surface area contributed by atoms with Crippen molar-refractivity contribution in [3.8, 4) is 5.75 Å². The van der Waals surface area contributed by atoms with Crippen molar-refractivity contribution in [3.63, 3.8) is 0 Å². The molecule has 1 aromatic carbocycles. The van der Waals surface area contributed by atoms with E-state index in [-0.39, 0.29) is 12.3 Å². The first-order chi connectivity index (χ1) is 12.3. The van der Waals surface area contributed by atoms with Gasteiger partial charge in [-0.25, -0.2) is 4.79 Å². The number of nitrogens with zero attached hydrogens (tertiary/aromatic N) is 1. The molecule has 1 aromatic heterocycles. The molecule has 8 heteroatoms. The summed E-state index contributed by atoms with van der Waals surface area (Å²) in [6, 6.07) is 3.56. The minimum Gasteiger partial charge on any atom is -0.868 e. The number of nitro groups is 1. The predicted octanol–water partition coefficient (Wildman–Crippen LogP) is 2.69. The van der Waals surface area contributed by atoms with E-state index in [1.165, 1.54) is 18.2 Å². The number of carbonyl (C=O) groups excluding carboxylic acids is 2. The molecule has 2 rings (SSSR count). The summed E-state index contributed by atoms with van der Waals surface area (Å²) in [6.45, 7) is 5.21. The molecule has 0 saturated carbocycles. The third-order valence-corrected chi connectivity index (χ3v) is 3.77. The van der Waals surface area contributed by atoms with E-state index in [4.69, 9.17) is 4.74 Å². The van der Waals surface area contributed by atoms with Crippen LogP contribution in [0.4, 0.5) is 5.69 Å². The summed E-state index contributed by atoms with van der Waals surface area (Å²) in [5, 5.41) is 22.2. The van der Waals surface area contributed by atoms with Gasteiger partial charge < -0.3 is 14.8 Å². The number of nitro benzene ring substituents is 1. The highest BCUT2D eigenvalue weighted by atomic mass is 16.6. The Hall–Kier alpha value is -3.42. The van der Waals surface area contributed by atoms with Gasteiger partial charge in [0.05, 0.1) is 22.8 Å². The second kappa shape index (κ2) is 7.64. The summed E-state index contributed by atoms with van der Waals surface area (Å²) < 4.78 is 4.98. The Kier molecular flexibility index (Phi) is 5.56. The van der Waals surface area contributed by atoms with Crippen LogP contribution in [-0.4, -0.2) is 28.3 Å². The Labute approximate surface area is 149 Å². The lowest BCUT2D eigenvalue weighted by molar-refractivity contribution is -0.398. The molecule has 0 saturated heterocycles. The van der Waals surface area contributed by atoms with Crippen molar-refractivity contribution in [2.75, 3.05) is 6.61 Å². The number of ether oxygens (including phenoxy) is 1. The molecule has 2 aromatic rings. The van der Waals surface area contributed by atoms with Crippen LogP contribution in [0.5, 0.6) is 5.75 Å². The van der Waals surface area contributed by atoms with Crippen LogP contribution >= 0.6 is 0 Å². The lowest BCUT2D eigenvalue weighted by Crippen LogP contribution is -2.07. The van der Waals surface area contributed by atoms with Gasteiger partial charge in [0.25, 0.3) is 5.69 Å². The summed E-state index contributed by atoms with van der Waals surface area (Å²) in [4.78, 5) is 37.3. The van der Waals surface area contributed by atoms with Crippen molar-refractivity contribution in [1.29, 1.82) is 0 Å². The van der Waals surface area contributed by atoms with Crippen LogP contribution in [0.15, 0.2) is 24.3 Å². The number of aromatic nitrogens is 1. The van der Waals surface area contributed by atoms with Crippen molar-refractivity contribution in [3.05, 3.63) is 62.5 Å². The number of allylic oxidation sites excluding steroid dienone is 1. The van der Waals surface area contributed by atoms with Crippen LogP contribution in [0.2, 0.25) is 0 Å². The Bertz CT molecular complexity index is 911. The number of benzene rings is 1. The van der Waals surface area contributed by atoms with E-state index in [1.54, 1.807) is 20.8 Å². The molecule has 0 amide bonds. The van der Waals surface area contributed by atoms with E-state index >= 15 is 0 Å². The average molecular weight is 357 g/mol. The number of aryl methyl sites for hydroxylation is 1. The number of H-pyrrole nitrogens is 1. The molecular formula is C18H17N2O6-. The van der Waals surface area contributed by atoms with Crippen molar-refractivity contribution >= 4 is 23.5 Å². The number of esters is 1. The van der Waals surface area contributed by atoms with Crippen molar-refractivity contribution in [2.24, 2.45) is 0 Å². The summed E-state index contributed by atoms with van der Waals surface area (Å²) >= 11 is 0. The van der Waals surface area contributed by atoms with Crippen LogP contribution in [0.25, 0.3) is 6.08 Å². The molecule has 0 radical (unpaired) electrons. The number of hydrogen-bond donors (Lipinski definition) is 1. The van der Waals surface area contributed by atoms with E-state index in [1.807, 2.05) is 0 Å². The first kappa shape index (κ1) is 18.9. The third-order valence-electron chi connectivity index (χ3n) is 3.77. The number of hydrogen-bond acceptors (Lipinski definition) is 6. The van der Waals surface area contributed by atoms with Crippen LogP contribution in [0, 0.1) is 24.0 Å². The number of carbonyl (C=O) groups is 2. The van der Waals surface area contributed by atoms with Gasteiger partial charge in [-0.1, -0.05) is 18.2 Å². The van der Waals surface area contributed by atoms with Crippen molar-refractivity contribution in [2.45, 2.75) is 20.8 Å². The van der Waals surface area contributed by atoms with E-state index in [0.717, 1.165) is 12.1 Å². The number of aromatic amines is 1. The second-order valence-corrected chi connectivity index (χ2v) is 5.53. The summed E-state index contributed by atoms with van der Waals surface area (Å²) in [6.07, 6.45) is 2.59. The van der Waals surface area contributed by atoms with E-state index in [0.29, 0.717) is 22.4 Å². The number of rotatable bonds is 6. The highest BCUT2D eigenvalue weighted by Gasteiger charge is 2.21. The molecular weight excluding hydrogens is 340 g/mol. The molecule has 1 heterocycles. The molecule has 26 heavy (non-hydrogen) atoms. The van der Waals surface area contributed by atoms with Crippen LogP contribution < -0.4 is 5.11 Å². The highest BCUT2D eigenvalue weighted by molar-refractivity contribution is 6.08. The molecule has 1 N–H and O–H groups in total. The van der Waals surface area contributed by atoms with Crippen LogP contribution in [0.1, 0.15) is 44.6 Å². The zero-order chi connectivity index (χ0) is 19.4. The zero-order valence-corrected chi connectivity index (χ0v) is 14.5. The molecule has 0 unspecified atom stereocenters. The molecule has 0 aliphatic carbocycles. The molecule has 136 valence electrons. The molecule has 0 bridgehead atoms. The minimum absolute atomic E-state index is 0.223. The lowest BCUT2D eigenvalue weighted by Gasteiger charge is -2.06. The third kappa shape index (κ3) is 3.80. The summed E-state index contributed by atoms with van der Waals surface area (Å²) in [5.74, 6) is -1.62. The second-order valence-electron chi connectivity index (χ2n) is 5.53. The Morgan fingerprint density at radius 2 is 2.00 bits per heavy atom. The SMILES string of the molecule is CCOC(=O)c1c(C)[nH]c(C(=O)/C=C/c2ccc([O-])c([N+](=O)[O-])c2)c1C. The van der Waals surface area contributed by atoms with Gasteiger partial charge in [-0.05, 0) is 43.7 Å². The maximum atomic E-state index is 12.4. The summed E-state index contributed by atoms with van der Waals surface area (Å²) in [5.41, 5.74) is 1.32. The maximum Gasteiger partial charge on any atom is 0.340 e. The molecule has 0 spiro atoms. The fourth-order valence-electron chi connectivity index (χ4n) is 2.54. The number of nitrogens with one attached hydrogen (secondary N) is 1. The molecule has 0 fully saturated rings. The first-order valence-electron chi connectivity index (χ1n) is 7.80.